The molecule has 2 aliphatic rings. The minimum Gasteiger partial charge on any atom is -0.464 e. The molecule has 134 valence electrons. The molecule has 0 spiro atoms. The van der Waals surface area contributed by atoms with Gasteiger partial charge in [-0.3, -0.25) is 4.79 Å². The van der Waals surface area contributed by atoms with Crippen molar-refractivity contribution in [2.24, 2.45) is 0 Å². The van der Waals surface area contributed by atoms with Gasteiger partial charge in [-0.1, -0.05) is 54.1 Å². The lowest BCUT2D eigenvalue weighted by molar-refractivity contribution is -0.147. The molecule has 0 saturated carbocycles. The molecule has 26 heavy (non-hydrogen) atoms. The van der Waals surface area contributed by atoms with E-state index in [0.29, 0.717) is 5.56 Å². The molecular formula is C18H14ClNO5S. The third kappa shape index (κ3) is 1.99. The lowest BCUT2D eigenvalue weighted by Gasteiger charge is -2.14. The number of Topliss-reactive ketones (excluding diaryl/α,β-unsaturated/α-hetero) is 1. The van der Waals surface area contributed by atoms with Crippen LogP contribution in [0.2, 0.25) is 5.02 Å². The number of esters is 1. The first kappa shape index (κ1) is 17.2. The number of ketones is 1. The van der Waals surface area contributed by atoms with Crippen molar-refractivity contribution >= 4 is 33.4 Å². The predicted molar refractivity (Wildman–Crippen MR) is 93.3 cm³/mol. The first-order chi connectivity index (χ1) is 12.4. The Morgan fingerprint density at radius 3 is 2.50 bits per heavy atom. The third-order valence-corrected chi connectivity index (χ3v) is 7.10. The van der Waals surface area contributed by atoms with Gasteiger partial charge in [0, 0.05) is 11.1 Å². The molecule has 2 heterocycles. The lowest BCUT2D eigenvalue weighted by Crippen LogP contribution is -2.30. The van der Waals surface area contributed by atoms with Crippen LogP contribution >= 0.6 is 11.6 Å². The quantitative estimate of drug-likeness (QED) is 0.454. The third-order valence-electron chi connectivity index (χ3n) is 4.70. The normalized spacial score (nSPS) is 27.3. The number of hydrogen-bond donors (Lipinski definition) is 0. The van der Waals surface area contributed by atoms with Crippen LogP contribution in [0.1, 0.15) is 22.8 Å². The maximum atomic E-state index is 13.0. The fraction of sp³-hybridized carbons (Fsp3) is 0.222. The van der Waals surface area contributed by atoms with E-state index in [1.807, 2.05) is 0 Å². The van der Waals surface area contributed by atoms with E-state index in [0.717, 1.165) is 4.31 Å². The van der Waals surface area contributed by atoms with Crippen molar-refractivity contribution in [3.05, 3.63) is 64.7 Å². The zero-order valence-electron chi connectivity index (χ0n) is 13.7. The van der Waals surface area contributed by atoms with E-state index in [2.05, 4.69) is 0 Å². The molecule has 2 aromatic carbocycles. The fourth-order valence-corrected chi connectivity index (χ4v) is 6.25. The zero-order chi connectivity index (χ0) is 18.7. The van der Waals surface area contributed by atoms with E-state index in [-0.39, 0.29) is 22.1 Å². The van der Waals surface area contributed by atoms with Crippen LogP contribution in [0.4, 0.5) is 0 Å². The standard InChI is InChI=1S/C18H14ClNO5S/c1-2-25-17(22)18-12-9-6-10-13(19)15(12)26(23,24)20(18)16(18)14(21)11-7-4-3-5-8-11/h3-10,16H,2H2,1H3/t16-,18-,20?/m0/s1. The van der Waals surface area contributed by atoms with Crippen LogP contribution in [-0.2, 0) is 25.1 Å². The van der Waals surface area contributed by atoms with Gasteiger partial charge in [0.15, 0.2) is 11.3 Å². The maximum Gasteiger partial charge on any atom is 0.334 e. The molecule has 1 saturated heterocycles. The number of benzene rings is 2. The number of carbonyl (C=O) groups excluding carboxylic acids is 2. The SMILES string of the molecule is CCOC(=O)[C@@]12c3cccc(Cl)c3S(=O)(=O)N1[C@H]2C(=O)c1ccccc1. The second-order valence-electron chi connectivity index (χ2n) is 6.04. The number of carbonyl (C=O) groups is 2. The molecule has 0 aromatic heterocycles. The molecule has 1 fully saturated rings. The number of ether oxygens (including phenoxy) is 1. The van der Waals surface area contributed by atoms with Crippen molar-refractivity contribution in [1.29, 1.82) is 0 Å². The van der Waals surface area contributed by atoms with Crippen LogP contribution in [0.15, 0.2) is 53.4 Å². The van der Waals surface area contributed by atoms with E-state index in [1.54, 1.807) is 43.3 Å². The summed E-state index contributed by atoms with van der Waals surface area (Å²) in [6, 6.07) is 11.6. The first-order valence-electron chi connectivity index (χ1n) is 7.98. The Bertz CT molecular complexity index is 1040. The Morgan fingerprint density at radius 1 is 1.15 bits per heavy atom. The van der Waals surface area contributed by atoms with Crippen molar-refractivity contribution in [3.8, 4) is 0 Å². The minimum absolute atomic E-state index is 0.0179. The van der Waals surface area contributed by atoms with Crippen LogP contribution in [0.3, 0.4) is 0 Å². The maximum absolute atomic E-state index is 13.0. The summed E-state index contributed by atoms with van der Waals surface area (Å²) in [5.74, 6) is -1.22. The smallest absolute Gasteiger partial charge is 0.334 e. The molecule has 2 aliphatic heterocycles. The summed E-state index contributed by atoms with van der Waals surface area (Å²) in [6.45, 7) is 1.69. The molecule has 6 nitrogen and oxygen atoms in total. The minimum atomic E-state index is -4.09. The van der Waals surface area contributed by atoms with Gasteiger partial charge >= 0.3 is 5.97 Å². The van der Waals surface area contributed by atoms with E-state index < -0.39 is 33.4 Å². The number of fused-ring (bicyclic) bond motifs is 3. The number of hydrogen-bond acceptors (Lipinski definition) is 5. The van der Waals surface area contributed by atoms with Crippen LogP contribution in [0, 0.1) is 0 Å². The van der Waals surface area contributed by atoms with Gasteiger partial charge in [0.05, 0.1) is 11.6 Å². The van der Waals surface area contributed by atoms with Gasteiger partial charge in [-0.15, -0.1) is 0 Å². The molecule has 4 rings (SSSR count). The van der Waals surface area contributed by atoms with Gasteiger partial charge in [0.25, 0.3) is 0 Å². The van der Waals surface area contributed by atoms with E-state index in [4.69, 9.17) is 16.3 Å². The van der Waals surface area contributed by atoms with Crippen molar-refractivity contribution in [1.82, 2.24) is 4.31 Å². The molecule has 1 unspecified atom stereocenters. The van der Waals surface area contributed by atoms with Gasteiger partial charge in [-0.25, -0.2) is 13.2 Å². The van der Waals surface area contributed by atoms with Crippen molar-refractivity contribution < 1.29 is 22.7 Å². The Hall–Kier alpha value is -2.22. The van der Waals surface area contributed by atoms with Crippen LogP contribution in [0.25, 0.3) is 0 Å². The molecule has 3 atom stereocenters. The highest BCUT2D eigenvalue weighted by molar-refractivity contribution is 7.90. The number of rotatable bonds is 4. The Morgan fingerprint density at radius 2 is 1.85 bits per heavy atom. The van der Waals surface area contributed by atoms with E-state index in [1.165, 1.54) is 12.1 Å². The van der Waals surface area contributed by atoms with Gasteiger partial charge in [-0.2, -0.15) is 4.31 Å². The summed E-state index contributed by atoms with van der Waals surface area (Å²) in [4.78, 5) is 25.6. The largest absolute Gasteiger partial charge is 0.464 e. The number of sulfonamides is 1. The Kier molecular flexibility index (Phi) is 3.73. The highest BCUT2D eigenvalue weighted by atomic mass is 35.5. The molecule has 0 N–H and O–H groups in total. The van der Waals surface area contributed by atoms with Gasteiger partial charge < -0.3 is 4.74 Å². The molecule has 8 heteroatoms. The first-order valence-corrected chi connectivity index (χ1v) is 9.80. The second kappa shape index (κ2) is 5.64. The Balaban J connectivity index is 1.92. The van der Waals surface area contributed by atoms with Crippen molar-refractivity contribution in [2.75, 3.05) is 6.61 Å². The van der Waals surface area contributed by atoms with E-state index in [9.17, 15) is 18.0 Å². The van der Waals surface area contributed by atoms with Crippen LogP contribution < -0.4 is 0 Å². The predicted octanol–water partition coefficient (Wildman–Crippen LogP) is 2.37. The summed E-state index contributed by atoms with van der Waals surface area (Å²) >= 11 is 6.09. The highest BCUT2D eigenvalue weighted by Gasteiger charge is 2.82. The van der Waals surface area contributed by atoms with E-state index >= 15 is 0 Å². The summed E-state index contributed by atoms with van der Waals surface area (Å²) in [5.41, 5.74) is -1.16. The molecule has 0 bridgehead atoms. The van der Waals surface area contributed by atoms with Gasteiger partial charge in [0.1, 0.15) is 10.9 Å². The number of nitrogens with zero attached hydrogens (tertiary/aromatic N) is 1. The van der Waals surface area contributed by atoms with Crippen molar-refractivity contribution in [2.45, 2.75) is 23.4 Å². The molecule has 0 radical (unpaired) electrons. The monoisotopic (exact) mass is 391 g/mol. The summed E-state index contributed by atoms with van der Waals surface area (Å²) in [5, 5.41) is 0.0179. The summed E-state index contributed by atoms with van der Waals surface area (Å²) in [6.07, 6.45) is 0. The molecule has 0 amide bonds. The van der Waals surface area contributed by atoms with Crippen LogP contribution in [0.5, 0.6) is 0 Å². The number of halogens is 1. The average Bonchev–Trinajstić information content (AvgIpc) is 3.28. The average molecular weight is 392 g/mol. The lowest BCUT2D eigenvalue weighted by atomic mass is 9.91. The van der Waals surface area contributed by atoms with Gasteiger partial charge in [0.2, 0.25) is 10.0 Å². The van der Waals surface area contributed by atoms with Crippen LogP contribution in [-0.4, -0.2) is 37.1 Å². The van der Waals surface area contributed by atoms with Gasteiger partial charge in [-0.05, 0) is 13.0 Å². The zero-order valence-corrected chi connectivity index (χ0v) is 15.3. The topological polar surface area (TPSA) is 80.5 Å². The Labute approximate surface area is 155 Å². The van der Waals surface area contributed by atoms with Crippen molar-refractivity contribution in [3.63, 3.8) is 0 Å². The molecular weight excluding hydrogens is 378 g/mol. The highest BCUT2D eigenvalue weighted by Crippen LogP contribution is 2.63. The fourth-order valence-electron chi connectivity index (χ4n) is 3.64. The summed E-state index contributed by atoms with van der Waals surface area (Å²) < 4.78 is 32.0. The molecule has 2 aromatic rings. The summed E-state index contributed by atoms with van der Waals surface area (Å²) in [7, 11) is -4.09. The second-order valence-corrected chi connectivity index (χ2v) is 8.20. The molecule has 0 aliphatic carbocycles.